The fourth-order valence-corrected chi connectivity index (χ4v) is 9.66. The number of non-ortho nitro benzene ring substituents is 1. The van der Waals surface area contributed by atoms with Crippen LogP contribution in [-0.4, -0.2) is 56.1 Å². The summed E-state index contributed by atoms with van der Waals surface area (Å²) in [6, 6.07) is 38.2. The van der Waals surface area contributed by atoms with Gasteiger partial charge >= 0.3 is 11.5 Å². The largest absolute Gasteiger partial charge is 0.494 e. The second-order valence-corrected chi connectivity index (χ2v) is 20.1. The maximum atomic E-state index is 12.2. The molecule has 400 valence electrons. The van der Waals surface area contributed by atoms with Gasteiger partial charge in [-0.2, -0.15) is 10.5 Å². The quantitative estimate of drug-likeness (QED) is 0.0400. The van der Waals surface area contributed by atoms with Gasteiger partial charge < -0.3 is 38.9 Å². The molecule has 2 atom stereocenters. The first-order valence-corrected chi connectivity index (χ1v) is 26.7. The van der Waals surface area contributed by atoms with Crippen molar-refractivity contribution >= 4 is 62.0 Å². The van der Waals surface area contributed by atoms with Gasteiger partial charge in [0.2, 0.25) is 0 Å². The fraction of sp³-hybridized carbons (Fsp3) is 0.367. The van der Waals surface area contributed by atoms with Gasteiger partial charge in [-0.05, 0) is 176 Å². The number of hydrogen-bond acceptors (Lipinski definition) is 12. The first-order valence-electron chi connectivity index (χ1n) is 26.4. The number of rotatable bonds is 14. The first-order chi connectivity index (χ1) is 37.2. The highest BCUT2D eigenvalue weighted by atomic mass is 35.5. The molecule has 0 spiro atoms. The Morgan fingerprint density at radius 1 is 0.714 bits per heavy atom. The lowest BCUT2D eigenvalue weighted by molar-refractivity contribution is -0.384. The smallest absolute Gasteiger partial charge is 0.411 e. The summed E-state index contributed by atoms with van der Waals surface area (Å²) >= 11 is 4.92. The van der Waals surface area contributed by atoms with Crippen molar-refractivity contribution < 1.29 is 38.6 Å². The molecule has 0 aliphatic heterocycles. The van der Waals surface area contributed by atoms with Gasteiger partial charge in [-0.3, -0.25) is 15.4 Å². The van der Waals surface area contributed by atoms with Gasteiger partial charge in [0.1, 0.15) is 35.5 Å². The van der Waals surface area contributed by atoms with Crippen LogP contribution < -0.4 is 25.3 Å². The summed E-state index contributed by atoms with van der Waals surface area (Å²) in [5, 5.41) is 43.6. The second kappa shape index (κ2) is 25.2. The van der Waals surface area contributed by atoms with Crippen molar-refractivity contribution in [2.75, 3.05) is 24.3 Å². The molecule has 7 aromatic rings. The number of anilines is 2. The standard InChI is InChI=1S/C27H29N3O3.C21H21N3O.C7H4ClNO4.C5H10O/c1-3-32-22-13-14-23-24(16-28)26(30(25(23)15-22)21-5-4-6-21)19-9-11-20(12-10-19)29-27(31)33-17(2)18-7-8-18;1-2-25-17-10-11-18-19(13-22)21(14-6-8-15(23)9-7-14)24(20(18)12-17)16-4-3-5-16;8-7(10)13-6-3-1-5(2-4-6)9(11)12;1-4(6)5-2-3-5/h9-15,17-18,21H,3-8H2,1-2H3,(H,29,31);6-12,16H,2-5,23H2,1H3;1-4H;4-6H,2-3H2,1H3. The van der Waals surface area contributed by atoms with Gasteiger partial charge in [0.25, 0.3) is 5.69 Å². The van der Waals surface area contributed by atoms with E-state index < -0.39 is 16.4 Å². The van der Waals surface area contributed by atoms with E-state index >= 15 is 0 Å². The summed E-state index contributed by atoms with van der Waals surface area (Å²) < 4.78 is 26.0. The average molecular weight is 1060 g/mol. The van der Waals surface area contributed by atoms with Crippen molar-refractivity contribution in [1.29, 1.82) is 10.5 Å². The molecule has 4 aliphatic carbocycles. The fourth-order valence-electron chi connectivity index (χ4n) is 9.57. The molecule has 2 unspecified atom stereocenters. The Balaban J connectivity index is 0.000000156. The van der Waals surface area contributed by atoms with E-state index in [1.807, 2.05) is 100 Å². The lowest BCUT2D eigenvalue weighted by atomic mass is 9.92. The van der Waals surface area contributed by atoms with Crippen molar-refractivity contribution in [3.63, 3.8) is 0 Å². The van der Waals surface area contributed by atoms with Crippen LogP contribution in [0.15, 0.2) is 109 Å². The van der Waals surface area contributed by atoms with Crippen molar-refractivity contribution in [1.82, 2.24) is 9.13 Å². The minimum atomic E-state index is -0.978. The summed E-state index contributed by atoms with van der Waals surface area (Å²) in [6.45, 7) is 8.99. The number of benzene rings is 5. The van der Waals surface area contributed by atoms with E-state index in [1.54, 1.807) is 0 Å². The summed E-state index contributed by atoms with van der Waals surface area (Å²) in [5.41, 5.74) is 13.7. The number of nitro benzene ring substituents is 1. The molecular formula is C60H64ClN7O9. The molecule has 0 saturated heterocycles. The Hall–Kier alpha value is -8.05. The van der Waals surface area contributed by atoms with Crippen LogP contribution in [0.4, 0.5) is 26.7 Å². The number of amides is 1. The van der Waals surface area contributed by atoms with Crippen molar-refractivity contribution in [2.24, 2.45) is 11.8 Å². The molecule has 0 bridgehead atoms. The zero-order valence-electron chi connectivity index (χ0n) is 43.7. The molecule has 5 aromatic carbocycles. The predicted molar refractivity (Wildman–Crippen MR) is 298 cm³/mol. The van der Waals surface area contributed by atoms with Crippen LogP contribution in [0.25, 0.3) is 44.3 Å². The number of fused-ring (bicyclic) bond motifs is 2. The number of nitrogens with two attached hydrogens (primary N) is 1. The predicted octanol–water partition coefficient (Wildman–Crippen LogP) is 14.6. The highest BCUT2D eigenvalue weighted by Crippen LogP contribution is 2.45. The van der Waals surface area contributed by atoms with Gasteiger partial charge in [-0.15, -0.1) is 0 Å². The number of carbonyl (C=O) groups excluding carboxylic acids is 2. The highest BCUT2D eigenvalue weighted by Gasteiger charge is 2.32. The average Bonchev–Trinajstić information content (AvgIpc) is 4.39. The van der Waals surface area contributed by atoms with E-state index in [9.17, 15) is 30.2 Å². The van der Waals surface area contributed by atoms with Crippen LogP contribution in [0.3, 0.4) is 0 Å². The van der Waals surface area contributed by atoms with E-state index in [1.165, 1.54) is 49.9 Å². The van der Waals surface area contributed by atoms with Crippen LogP contribution in [0.1, 0.15) is 115 Å². The van der Waals surface area contributed by atoms with Gasteiger partial charge in [0, 0.05) is 70.1 Å². The maximum Gasteiger partial charge on any atom is 0.411 e. The monoisotopic (exact) mass is 1060 g/mol. The summed E-state index contributed by atoms with van der Waals surface area (Å²) in [5.74, 6) is 2.99. The number of aromatic nitrogens is 2. The summed E-state index contributed by atoms with van der Waals surface area (Å²) in [6.07, 6.45) is 11.2. The number of ether oxygens (including phenoxy) is 4. The molecule has 2 heterocycles. The number of nitrogens with zero attached hydrogens (tertiary/aromatic N) is 5. The number of nitriles is 2. The van der Waals surface area contributed by atoms with Crippen LogP contribution in [-0.2, 0) is 4.74 Å². The highest BCUT2D eigenvalue weighted by molar-refractivity contribution is 6.61. The lowest BCUT2D eigenvalue weighted by Crippen LogP contribution is -2.21. The van der Waals surface area contributed by atoms with Gasteiger partial charge in [-0.25, -0.2) is 9.59 Å². The number of nitrogens with one attached hydrogen (secondary N) is 1. The Bertz CT molecular complexity index is 3290. The van der Waals surface area contributed by atoms with Gasteiger partial charge in [-0.1, -0.05) is 24.3 Å². The molecule has 4 aliphatic rings. The number of nitro groups is 1. The Labute approximate surface area is 453 Å². The van der Waals surface area contributed by atoms with E-state index in [2.05, 4.69) is 43.5 Å². The Morgan fingerprint density at radius 3 is 1.53 bits per heavy atom. The normalized spacial score (nSPS) is 15.4. The second-order valence-electron chi connectivity index (χ2n) is 19.7. The molecule has 16 nitrogen and oxygen atoms in total. The minimum absolute atomic E-state index is 0.0370. The molecule has 4 N–H and O–H groups in total. The van der Waals surface area contributed by atoms with Crippen LogP contribution in [0, 0.1) is 44.6 Å². The molecule has 4 saturated carbocycles. The van der Waals surface area contributed by atoms with Crippen molar-refractivity contribution in [2.45, 2.75) is 116 Å². The lowest BCUT2D eigenvalue weighted by Gasteiger charge is -2.30. The van der Waals surface area contributed by atoms with Gasteiger partial charge in [0.05, 0.1) is 57.8 Å². The minimum Gasteiger partial charge on any atom is -0.494 e. The number of halogens is 1. The third kappa shape index (κ3) is 13.5. The Morgan fingerprint density at radius 2 is 1.17 bits per heavy atom. The zero-order valence-corrected chi connectivity index (χ0v) is 44.5. The van der Waals surface area contributed by atoms with E-state index in [-0.39, 0.29) is 23.6 Å². The molecule has 1 amide bonds. The zero-order chi connectivity index (χ0) is 54.8. The van der Waals surface area contributed by atoms with Crippen molar-refractivity contribution in [3.8, 4) is 51.9 Å². The molecule has 0 radical (unpaired) electrons. The number of nitrogen functional groups attached to an aromatic ring is 1. The molecular weight excluding hydrogens is 998 g/mol. The summed E-state index contributed by atoms with van der Waals surface area (Å²) in [4.78, 5) is 32.1. The molecule has 4 fully saturated rings. The molecule has 2 aromatic heterocycles. The number of aliphatic hydroxyl groups is 1. The third-order valence-electron chi connectivity index (χ3n) is 14.4. The van der Waals surface area contributed by atoms with Gasteiger partial charge in [0.15, 0.2) is 0 Å². The number of hydrogen-bond donors (Lipinski definition) is 3. The molecule has 11 rings (SSSR count). The topological polar surface area (TPSA) is 230 Å². The molecule has 77 heavy (non-hydrogen) atoms. The van der Waals surface area contributed by atoms with Crippen LogP contribution in [0.2, 0.25) is 0 Å². The van der Waals surface area contributed by atoms with Crippen LogP contribution in [0.5, 0.6) is 17.2 Å². The maximum absolute atomic E-state index is 12.2. The molecule has 17 heteroatoms. The van der Waals surface area contributed by atoms with E-state index in [4.69, 9.17) is 36.7 Å². The summed E-state index contributed by atoms with van der Waals surface area (Å²) in [7, 11) is 0. The third-order valence-corrected chi connectivity index (χ3v) is 14.5. The van der Waals surface area contributed by atoms with E-state index in [0.717, 1.165) is 106 Å². The van der Waals surface area contributed by atoms with Crippen molar-refractivity contribution in [3.05, 3.63) is 130 Å². The van der Waals surface area contributed by atoms with E-state index in [0.29, 0.717) is 48.4 Å². The number of carbonyl (C=O) groups is 2. The first kappa shape index (κ1) is 55.2. The van der Waals surface area contributed by atoms with Crippen LogP contribution >= 0.6 is 11.6 Å². The SMILES string of the molecule is CC(O)C1CC1.CCOc1ccc2c(C#N)c(-c3ccc(N)cc3)n(C3CCC3)c2c1.CCOc1ccc2c(C#N)c(-c3ccc(NC(=O)OC(C)C4CC4)cc3)n(C3CCC3)c2c1.O=C(Cl)Oc1ccc([N+](=O)[O-])cc1. The number of aliphatic hydroxyl groups excluding tert-OH is 1. The Kier molecular flexibility index (Phi) is 18.1.